The van der Waals surface area contributed by atoms with Gasteiger partial charge in [-0.15, -0.1) is 0 Å². The molecule has 0 spiro atoms. The average molecular weight is 325 g/mol. The lowest BCUT2D eigenvalue weighted by atomic mass is 10.2. The highest BCUT2D eigenvalue weighted by molar-refractivity contribution is 9.10. The van der Waals surface area contributed by atoms with Gasteiger partial charge in [-0.05, 0) is 41.1 Å². The quantitative estimate of drug-likeness (QED) is 0.939. The number of carbonyl (C=O) groups is 1. The molecule has 2 aromatic rings. The molecule has 100 valence electrons. The molecule has 2 rings (SSSR count). The number of benzene rings is 1. The minimum atomic E-state index is -0.208. The van der Waals surface area contributed by atoms with E-state index < -0.39 is 0 Å². The van der Waals surface area contributed by atoms with Gasteiger partial charge in [-0.1, -0.05) is 5.16 Å². The van der Waals surface area contributed by atoms with E-state index in [1.165, 1.54) is 0 Å². The molecule has 0 fully saturated rings. The minimum Gasteiger partial charge on any atom is -0.497 e. The zero-order chi connectivity index (χ0) is 13.8. The number of methoxy groups -OCH3 is 1. The molecule has 1 N–H and O–H groups in total. The molecule has 5 nitrogen and oxygen atoms in total. The molecule has 6 heteroatoms. The van der Waals surface area contributed by atoms with Crippen molar-refractivity contribution in [2.24, 2.45) is 0 Å². The fourth-order valence-corrected chi connectivity index (χ4v) is 1.99. The van der Waals surface area contributed by atoms with Gasteiger partial charge in [0, 0.05) is 10.5 Å². The number of halogens is 1. The van der Waals surface area contributed by atoms with Gasteiger partial charge in [0.1, 0.15) is 5.75 Å². The van der Waals surface area contributed by atoms with Crippen LogP contribution in [0.4, 0.5) is 0 Å². The Morgan fingerprint density at radius 3 is 2.89 bits per heavy atom. The van der Waals surface area contributed by atoms with Crippen molar-refractivity contribution in [1.82, 2.24) is 10.5 Å². The molecule has 0 saturated heterocycles. The first-order valence-electron chi connectivity index (χ1n) is 5.64. The molecule has 0 atom stereocenters. The fraction of sp³-hybridized carbons (Fsp3) is 0.231. The summed E-state index contributed by atoms with van der Waals surface area (Å²) in [5.74, 6) is 1.04. The minimum absolute atomic E-state index is 0.208. The number of ether oxygens (including phenoxy) is 1. The SMILES string of the molecule is COc1ccc(Br)c(C(=O)NCc2cc(C)no2)c1. The van der Waals surface area contributed by atoms with Crippen LogP contribution in [0.3, 0.4) is 0 Å². The van der Waals surface area contributed by atoms with Gasteiger partial charge in [0.2, 0.25) is 0 Å². The Morgan fingerprint density at radius 2 is 2.26 bits per heavy atom. The van der Waals surface area contributed by atoms with Crippen LogP contribution in [-0.4, -0.2) is 18.2 Å². The Morgan fingerprint density at radius 1 is 1.47 bits per heavy atom. The number of aromatic nitrogens is 1. The summed E-state index contributed by atoms with van der Waals surface area (Å²) >= 11 is 3.34. The molecule has 0 aliphatic rings. The van der Waals surface area contributed by atoms with Crippen molar-refractivity contribution in [2.45, 2.75) is 13.5 Å². The first-order valence-corrected chi connectivity index (χ1v) is 6.43. The maximum atomic E-state index is 12.1. The second-order valence-corrected chi connectivity index (χ2v) is 4.82. The number of nitrogens with zero attached hydrogens (tertiary/aromatic N) is 1. The molecule has 0 aliphatic heterocycles. The number of nitrogens with one attached hydrogen (secondary N) is 1. The van der Waals surface area contributed by atoms with Crippen molar-refractivity contribution in [1.29, 1.82) is 0 Å². The van der Waals surface area contributed by atoms with Crippen LogP contribution in [0.1, 0.15) is 21.8 Å². The molecule has 0 bridgehead atoms. The van der Waals surface area contributed by atoms with E-state index in [0.717, 1.165) is 5.69 Å². The maximum absolute atomic E-state index is 12.1. The van der Waals surface area contributed by atoms with Crippen LogP contribution in [0.2, 0.25) is 0 Å². The van der Waals surface area contributed by atoms with E-state index in [4.69, 9.17) is 9.26 Å². The third-order valence-corrected chi connectivity index (χ3v) is 3.21. The van der Waals surface area contributed by atoms with Crippen LogP contribution < -0.4 is 10.1 Å². The Kier molecular flexibility index (Phi) is 4.21. The predicted octanol–water partition coefficient (Wildman–Crippen LogP) is 2.68. The summed E-state index contributed by atoms with van der Waals surface area (Å²) in [5.41, 5.74) is 1.29. The van der Waals surface area contributed by atoms with E-state index in [1.54, 1.807) is 31.4 Å². The number of carbonyl (C=O) groups excluding carboxylic acids is 1. The van der Waals surface area contributed by atoms with Crippen LogP contribution in [0.15, 0.2) is 33.3 Å². The fourth-order valence-electron chi connectivity index (χ4n) is 1.57. The molecule has 1 heterocycles. The summed E-state index contributed by atoms with van der Waals surface area (Å²) in [6.07, 6.45) is 0. The van der Waals surface area contributed by atoms with Crippen LogP contribution in [-0.2, 0) is 6.54 Å². The van der Waals surface area contributed by atoms with Crippen LogP contribution in [0.25, 0.3) is 0 Å². The van der Waals surface area contributed by atoms with Gasteiger partial charge in [0.05, 0.1) is 24.9 Å². The standard InChI is InChI=1S/C13H13BrN2O3/c1-8-5-10(19-16-8)7-15-13(17)11-6-9(18-2)3-4-12(11)14/h3-6H,7H2,1-2H3,(H,15,17). The monoisotopic (exact) mass is 324 g/mol. The van der Waals surface area contributed by atoms with Crippen molar-refractivity contribution in [3.8, 4) is 5.75 Å². The van der Waals surface area contributed by atoms with Crippen molar-refractivity contribution < 1.29 is 14.1 Å². The van der Waals surface area contributed by atoms with Crippen LogP contribution >= 0.6 is 15.9 Å². The van der Waals surface area contributed by atoms with Gasteiger partial charge < -0.3 is 14.6 Å². The molecule has 0 unspecified atom stereocenters. The number of aryl methyl sites for hydroxylation is 1. The number of amides is 1. The summed E-state index contributed by atoms with van der Waals surface area (Å²) in [6.45, 7) is 2.12. The molecular weight excluding hydrogens is 312 g/mol. The lowest BCUT2D eigenvalue weighted by molar-refractivity contribution is 0.0946. The smallest absolute Gasteiger partial charge is 0.252 e. The molecule has 0 saturated carbocycles. The van der Waals surface area contributed by atoms with Gasteiger partial charge in [-0.3, -0.25) is 4.79 Å². The number of hydrogen-bond donors (Lipinski definition) is 1. The van der Waals surface area contributed by atoms with Crippen molar-refractivity contribution in [2.75, 3.05) is 7.11 Å². The van der Waals surface area contributed by atoms with Crippen LogP contribution in [0.5, 0.6) is 5.75 Å². The van der Waals surface area contributed by atoms with E-state index >= 15 is 0 Å². The second kappa shape index (κ2) is 5.88. The van der Waals surface area contributed by atoms with Crippen molar-refractivity contribution in [3.05, 3.63) is 45.8 Å². The highest BCUT2D eigenvalue weighted by atomic mass is 79.9. The van der Waals surface area contributed by atoms with Gasteiger partial charge in [0.15, 0.2) is 5.76 Å². The summed E-state index contributed by atoms with van der Waals surface area (Å²) in [6, 6.07) is 7.00. The predicted molar refractivity (Wildman–Crippen MR) is 73.1 cm³/mol. The molecule has 19 heavy (non-hydrogen) atoms. The normalized spacial score (nSPS) is 10.3. The molecule has 0 radical (unpaired) electrons. The summed E-state index contributed by atoms with van der Waals surface area (Å²) < 4.78 is 10.8. The highest BCUT2D eigenvalue weighted by Gasteiger charge is 2.12. The van der Waals surface area contributed by atoms with Crippen molar-refractivity contribution in [3.63, 3.8) is 0 Å². The zero-order valence-electron chi connectivity index (χ0n) is 10.6. The van der Waals surface area contributed by atoms with Gasteiger partial charge in [0.25, 0.3) is 5.91 Å². The topological polar surface area (TPSA) is 64.4 Å². The Bertz CT molecular complexity index is 595. The van der Waals surface area contributed by atoms with E-state index in [2.05, 4.69) is 26.4 Å². The first kappa shape index (κ1) is 13.6. The van der Waals surface area contributed by atoms with Gasteiger partial charge in [-0.2, -0.15) is 0 Å². The molecular formula is C13H13BrN2O3. The Labute approximate surface area is 119 Å². The summed E-state index contributed by atoms with van der Waals surface area (Å²) in [4.78, 5) is 12.1. The van der Waals surface area contributed by atoms with Gasteiger partial charge in [-0.25, -0.2) is 0 Å². The first-order chi connectivity index (χ1) is 9.10. The van der Waals surface area contributed by atoms with Crippen LogP contribution in [0, 0.1) is 6.92 Å². The zero-order valence-corrected chi connectivity index (χ0v) is 12.2. The second-order valence-electron chi connectivity index (χ2n) is 3.96. The van der Waals surface area contributed by atoms with Crippen molar-refractivity contribution >= 4 is 21.8 Å². The number of hydrogen-bond acceptors (Lipinski definition) is 4. The van der Waals surface area contributed by atoms with E-state index in [9.17, 15) is 4.79 Å². The third-order valence-electron chi connectivity index (χ3n) is 2.52. The molecule has 0 aliphatic carbocycles. The molecule has 1 amide bonds. The lowest BCUT2D eigenvalue weighted by Gasteiger charge is -2.07. The van der Waals surface area contributed by atoms with E-state index in [-0.39, 0.29) is 5.91 Å². The van der Waals surface area contributed by atoms with E-state index in [1.807, 2.05) is 6.92 Å². The Balaban J connectivity index is 2.07. The summed E-state index contributed by atoms with van der Waals surface area (Å²) in [5, 5.41) is 6.52. The molecule has 1 aromatic carbocycles. The lowest BCUT2D eigenvalue weighted by Crippen LogP contribution is -2.23. The van der Waals surface area contributed by atoms with Gasteiger partial charge >= 0.3 is 0 Å². The highest BCUT2D eigenvalue weighted by Crippen LogP contribution is 2.22. The maximum Gasteiger partial charge on any atom is 0.252 e. The largest absolute Gasteiger partial charge is 0.497 e. The number of rotatable bonds is 4. The average Bonchev–Trinajstić information content (AvgIpc) is 2.82. The summed E-state index contributed by atoms with van der Waals surface area (Å²) in [7, 11) is 1.56. The van der Waals surface area contributed by atoms with E-state index in [0.29, 0.717) is 28.1 Å². The molecule has 1 aromatic heterocycles. The Hall–Kier alpha value is -1.82. The third kappa shape index (κ3) is 3.35.